The average molecular weight is 164 g/mol. The molecule has 0 aliphatic heterocycles. The summed E-state index contributed by atoms with van der Waals surface area (Å²) in [6.45, 7) is 0. The van der Waals surface area contributed by atoms with Crippen LogP contribution in [-0.4, -0.2) is 34.7 Å². The van der Waals surface area contributed by atoms with Gasteiger partial charge in [-0.15, -0.1) is 0 Å². The number of thiol groups is 1. The zero-order valence-corrected chi connectivity index (χ0v) is 5.81. The van der Waals surface area contributed by atoms with E-state index < -0.39 is 0 Å². The normalized spacial score (nSPS) is 8.50. The molecule has 1 nitrogen and oxygen atoms in total. The molecule has 1 aromatic rings. The van der Waals surface area contributed by atoms with E-state index >= 15 is 0 Å². The maximum atomic E-state index is 8.83. The Morgan fingerprint density at radius 3 is 2.10 bits per heavy atom. The summed E-state index contributed by atoms with van der Waals surface area (Å²) in [5, 5.41) is 8.83. The van der Waals surface area contributed by atoms with E-state index in [4.69, 9.17) is 5.11 Å². The number of aromatic hydroxyl groups is 1. The number of hydrogen-bond donors (Lipinski definition) is 2. The van der Waals surface area contributed by atoms with Crippen molar-refractivity contribution in [3.05, 3.63) is 29.8 Å². The van der Waals surface area contributed by atoms with Crippen molar-refractivity contribution in [3.63, 3.8) is 0 Å². The van der Waals surface area contributed by atoms with Crippen LogP contribution in [0.3, 0.4) is 0 Å². The molecule has 0 aliphatic rings. The summed E-state index contributed by atoms with van der Waals surface area (Å²) in [4.78, 5) is 0. The monoisotopic (exact) mass is 164 g/mol. The second kappa shape index (κ2) is 5.08. The third-order valence-corrected chi connectivity index (χ3v) is 1.48. The molecular weight excluding hydrogens is 155 g/mol. The summed E-state index contributed by atoms with van der Waals surface area (Å²) >= 11 is 4.06. The fourth-order valence-corrected chi connectivity index (χ4v) is 0.812. The molecule has 50 valence electrons. The van der Waals surface area contributed by atoms with E-state index in [0.29, 0.717) is 5.75 Å². The number of hydrogen-bond acceptors (Lipinski definition) is 2. The van der Waals surface area contributed by atoms with Gasteiger partial charge in [0.15, 0.2) is 0 Å². The summed E-state index contributed by atoms with van der Waals surface area (Å²) in [6.07, 6.45) is 0. The standard InChI is InChI=1S/C7H8OS.Na.H/c8-7-3-1-6(5-9)2-4-7;;/h1-4,8-9H,5H2;;. The topological polar surface area (TPSA) is 20.2 Å². The molecule has 0 bridgehead atoms. The molecular formula is C7H9NaOS. The van der Waals surface area contributed by atoms with Crippen LogP contribution in [0.15, 0.2) is 24.3 Å². The van der Waals surface area contributed by atoms with Gasteiger partial charge in [-0.2, -0.15) is 12.6 Å². The fraction of sp³-hybridized carbons (Fsp3) is 0.143. The Hall–Kier alpha value is 0.370. The fourth-order valence-electron chi connectivity index (χ4n) is 0.601. The average Bonchev–Trinajstić information content (AvgIpc) is 1.90. The van der Waals surface area contributed by atoms with Crippen molar-refractivity contribution >= 4 is 42.2 Å². The molecule has 1 aromatic carbocycles. The van der Waals surface area contributed by atoms with Gasteiger partial charge in [-0.1, -0.05) is 12.1 Å². The first-order valence-electron chi connectivity index (χ1n) is 2.71. The van der Waals surface area contributed by atoms with Crippen LogP contribution in [-0.2, 0) is 5.75 Å². The number of rotatable bonds is 1. The number of phenols is 1. The van der Waals surface area contributed by atoms with E-state index in [9.17, 15) is 0 Å². The van der Waals surface area contributed by atoms with Crippen LogP contribution in [0.2, 0.25) is 0 Å². The quantitative estimate of drug-likeness (QED) is 0.471. The molecule has 0 radical (unpaired) electrons. The summed E-state index contributed by atoms with van der Waals surface area (Å²) < 4.78 is 0. The molecule has 0 saturated heterocycles. The van der Waals surface area contributed by atoms with Crippen molar-refractivity contribution in [2.45, 2.75) is 5.75 Å². The summed E-state index contributed by atoms with van der Waals surface area (Å²) in [5.74, 6) is 1.03. The van der Waals surface area contributed by atoms with Gasteiger partial charge in [0.2, 0.25) is 0 Å². The van der Waals surface area contributed by atoms with Crippen LogP contribution >= 0.6 is 12.6 Å². The summed E-state index contributed by atoms with van der Waals surface area (Å²) in [7, 11) is 0. The van der Waals surface area contributed by atoms with Crippen molar-refractivity contribution in [2.75, 3.05) is 0 Å². The second-order valence-electron chi connectivity index (χ2n) is 1.82. The first kappa shape index (κ1) is 10.4. The zero-order valence-electron chi connectivity index (χ0n) is 4.91. The molecule has 0 fully saturated rings. The van der Waals surface area contributed by atoms with Gasteiger partial charge < -0.3 is 5.11 Å². The van der Waals surface area contributed by atoms with Gasteiger partial charge in [0.25, 0.3) is 0 Å². The maximum absolute atomic E-state index is 8.83. The Bertz CT molecular complexity index is 185. The van der Waals surface area contributed by atoms with Gasteiger partial charge in [-0.25, -0.2) is 0 Å². The molecule has 1 rings (SSSR count). The summed E-state index contributed by atoms with van der Waals surface area (Å²) in [6, 6.07) is 7.02. The van der Waals surface area contributed by atoms with E-state index in [-0.39, 0.29) is 29.6 Å². The van der Waals surface area contributed by atoms with Crippen LogP contribution in [0.25, 0.3) is 0 Å². The van der Waals surface area contributed by atoms with E-state index in [1.807, 2.05) is 12.1 Å². The molecule has 0 heterocycles. The predicted octanol–water partition coefficient (Wildman–Crippen LogP) is 1.17. The third kappa shape index (κ3) is 2.97. The zero-order chi connectivity index (χ0) is 6.69. The predicted molar refractivity (Wildman–Crippen MR) is 47.9 cm³/mol. The molecule has 0 unspecified atom stereocenters. The van der Waals surface area contributed by atoms with Crippen molar-refractivity contribution < 1.29 is 5.11 Å². The van der Waals surface area contributed by atoms with Gasteiger partial charge in [0.05, 0.1) is 0 Å². The Labute approximate surface area is 88.2 Å². The van der Waals surface area contributed by atoms with E-state index in [1.165, 1.54) is 0 Å². The molecule has 0 amide bonds. The Balaban J connectivity index is 0.000000810. The Morgan fingerprint density at radius 1 is 1.20 bits per heavy atom. The molecule has 3 heteroatoms. The van der Waals surface area contributed by atoms with Crippen LogP contribution in [0, 0.1) is 0 Å². The van der Waals surface area contributed by atoms with Crippen LogP contribution < -0.4 is 0 Å². The van der Waals surface area contributed by atoms with Crippen LogP contribution in [0.5, 0.6) is 5.75 Å². The van der Waals surface area contributed by atoms with Crippen molar-refractivity contribution in [2.24, 2.45) is 0 Å². The van der Waals surface area contributed by atoms with Gasteiger partial charge in [0, 0.05) is 5.75 Å². The molecule has 0 spiro atoms. The third-order valence-electron chi connectivity index (χ3n) is 1.12. The van der Waals surface area contributed by atoms with Crippen molar-refractivity contribution in [1.29, 1.82) is 0 Å². The Kier molecular flexibility index (Phi) is 5.27. The van der Waals surface area contributed by atoms with Crippen molar-refractivity contribution in [1.82, 2.24) is 0 Å². The molecule has 1 N–H and O–H groups in total. The van der Waals surface area contributed by atoms with E-state index in [1.54, 1.807) is 12.1 Å². The molecule has 0 aromatic heterocycles. The molecule has 0 saturated carbocycles. The van der Waals surface area contributed by atoms with Crippen LogP contribution in [0.4, 0.5) is 0 Å². The first-order valence-corrected chi connectivity index (χ1v) is 3.35. The van der Waals surface area contributed by atoms with E-state index in [0.717, 1.165) is 11.3 Å². The molecule has 10 heavy (non-hydrogen) atoms. The second-order valence-corrected chi connectivity index (χ2v) is 2.14. The number of benzene rings is 1. The van der Waals surface area contributed by atoms with E-state index in [2.05, 4.69) is 12.6 Å². The van der Waals surface area contributed by atoms with Gasteiger partial charge in [-0.3, -0.25) is 0 Å². The van der Waals surface area contributed by atoms with Gasteiger partial charge >= 0.3 is 29.6 Å². The Morgan fingerprint density at radius 2 is 1.70 bits per heavy atom. The molecule has 0 atom stereocenters. The SMILES string of the molecule is Oc1ccc(CS)cc1.[NaH]. The molecule has 0 aliphatic carbocycles. The van der Waals surface area contributed by atoms with Crippen molar-refractivity contribution in [3.8, 4) is 5.75 Å². The van der Waals surface area contributed by atoms with Gasteiger partial charge in [0.1, 0.15) is 5.75 Å². The van der Waals surface area contributed by atoms with Gasteiger partial charge in [-0.05, 0) is 17.7 Å². The number of phenolic OH excluding ortho intramolecular Hbond substituents is 1. The first-order chi connectivity index (χ1) is 4.33. The minimum atomic E-state index is 0. The summed E-state index contributed by atoms with van der Waals surface area (Å²) in [5.41, 5.74) is 1.12. The van der Waals surface area contributed by atoms with Crippen LogP contribution in [0.1, 0.15) is 5.56 Å². The minimum absolute atomic E-state index is 0.